The van der Waals surface area contributed by atoms with Crippen LogP contribution in [0.2, 0.25) is 0 Å². The molecule has 0 amide bonds. The molecule has 0 aromatic heterocycles. The largest absolute Gasteiger partial charge is 0.192 e. The van der Waals surface area contributed by atoms with E-state index in [9.17, 15) is 0 Å². The van der Waals surface area contributed by atoms with Crippen LogP contribution in [0.4, 0.5) is 0 Å². The lowest BCUT2D eigenvalue weighted by Crippen LogP contribution is -2.13. The average Bonchev–Trinajstić information content (AvgIpc) is 2.69. The van der Waals surface area contributed by atoms with Crippen molar-refractivity contribution in [2.24, 2.45) is 5.92 Å². The van der Waals surface area contributed by atoms with Gasteiger partial charge in [0.1, 0.15) is 0 Å². The number of nitriles is 1. The summed E-state index contributed by atoms with van der Waals surface area (Å²) in [5.41, 5.74) is 4.61. The van der Waals surface area contributed by atoms with Gasteiger partial charge in [-0.1, -0.05) is 48.6 Å². The van der Waals surface area contributed by atoms with Crippen molar-refractivity contribution in [1.29, 1.82) is 5.26 Å². The quantitative estimate of drug-likeness (QED) is 0.550. The molecular weight excluding hydrogens is 302 g/mol. The van der Waals surface area contributed by atoms with Gasteiger partial charge in [-0.3, -0.25) is 0 Å². The summed E-state index contributed by atoms with van der Waals surface area (Å²) in [5.74, 6) is 1.65. The highest BCUT2D eigenvalue weighted by atomic mass is 14.3. The molecule has 25 heavy (non-hydrogen) atoms. The van der Waals surface area contributed by atoms with Crippen LogP contribution in [0.1, 0.15) is 62.5 Å². The van der Waals surface area contributed by atoms with Crippen LogP contribution in [0, 0.1) is 17.2 Å². The second-order valence-corrected chi connectivity index (χ2v) is 7.18. The SMILES string of the molecule is C/C=C/CC[C@H]1CC[C@H](c2ccc(-c3ccc(C#N)cc3)cc2)CC1. The van der Waals surface area contributed by atoms with Gasteiger partial charge < -0.3 is 0 Å². The Hall–Kier alpha value is -2.33. The van der Waals surface area contributed by atoms with Gasteiger partial charge in [-0.15, -0.1) is 0 Å². The maximum atomic E-state index is 8.91. The van der Waals surface area contributed by atoms with Crippen LogP contribution in [-0.4, -0.2) is 0 Å². The summed E-state index contributed by atoms with van der Waals surface area (Å²) >= 11 is 0. The summed E-state index contributed by atoms with van der Waals surface area (Å²) in [6.45, 7) is 2.11. The van der Waals surface area contributed by atoms with Gasteiger partial charge in [0.15, 0.2) is 0 Å². The van der Waals surface area contributed by atoms with Crippen LogP contribution >= 0.6 is 0 Å². The van der Waals surface area contributed by atoms with E-state index >= 15 is 0 Å². The summed E-state index contributed by atoms with van der Waals surface area (Å²) in [6, 6.07) is 19.1. The Bertz CT molecular complexity index is 723. The Kier molecular flexibility index (Phi) is 6.07. The first-order valence-corrected chi connectivity index (χ1v) is 9.52. The monoisotopic (exact) mass is 329 g/mol. The molecule has 0 heterocycles. The molecule has 0 unspecified atom stereocenters. The van der Waals surface area contributed by atoms with E-state index in [1.165, 1.54) is 55.2 Å². The van der Waals surface area contributed by atoms with Crippen molar-refractivity contribution < 1.29 is 0 Å². The minimum atomic E-state index is 0.714. The van der Waals surface area contributed by atoms with Crippen LogP contribution in [0.25, 0.3) is 11.1 Å². The molecule has 1 heteroatoms. The normalized spacial score (nSPS) is 20.5. The van der Waals surface area contributed by atoms with Gasteiger partial charge >= 0.3 is 0 Å². The molecule has 2 aromatic rings. The van der Waals surface area contributed by atoms with Crippen LogP contribution in [-0.2, 0) is 0 Å². The van der Waals surface area contributed by atoms with E-state index in [0.717, 1.165) is 11.8 Å². The lowest BCUT2D eigenvalue weighted by atomic mass is 9.77. The van der Waals surface area contributed by atoms with E-state index in [-0.39, 0.29) is 0 Å². The number of benzene rings is 2. The van der Waals surface area contributed by atoms with Crippen LogP contribution in [0.3, 0.4) is 0 Å². The lowest BCUT2D eigenvalue weighted by molar-refractivity contribution is 0.312. The first-order chi connectivity index (χ1) is 12.3. The van der Waals surface area contributed by atoms with Crippen molar-refractivity contribution in [2.45, 2.75) is 51.4 Å². The molecule has 0 aliphatic heterocycles. The minimum Gasteiger partial charge on any atom is -0.192 e. The van der Waals surface area contributed by atoms with Crippen molar-refractivity contribution in [3.05, 3.63) is 71.8 Å². The zero-order chi connectivity index (χ0) is 17.5. The second-order valence-electron chi connectivity index (χ2n) is 7.18. The fraction of sp³-hybridized carbons (Fsp3) is 0.375. The van der Waals surface area contributed by atoms with Crippen molar-refractivity contribution in [2.75, 3.05) is 0 Å². The van der Waals surface area contributed by atoms with Gasteiger partial charge in [-0.2, -0.15) is 5.26 Å². The first-order valence-electron chi connectivity index (χ1n) is 9.52. The summed E-state index contributed by atoms with van der Waals surface area (Å²) < 4.78 is 0. The van der Waals surface area contributed by atoms with E-state index in [1.807, 2.05) is 24.3 Å². The Balaban J connectivity index is 1.58. The molecule has 0 saturated heterocycles. The van der Waals surface area contributed by atoms with Crippen LogP contribution < -0.4 is 0 Å². The fourth-order valence-corrected chi connectivity index (χ4v) is 3.97. The summed E-state index contributed by atoms with van der Waals surface area (Å²) in [4.78, 5) is 0. The minimum absolute atomic E-state index is 0.714. The molecule has 0 bridgehead atoms. The lowest BCUT2D eigenvalue weighted by Gasteiger charge is -2.28. The smallest absolute Gasteiger partial charge is 0.0991 e. The van der Waals surface area contributed by atoms with Gasteiger partial charge in [0.05, 0.1) is 11.6 Å². The first kappa shape index (κ1) is 17.5. The highest BCUT2D eigenvalue weighted by Gasteiger charge is 2.21. The molecule has 0 radical (unpaired) electrons. The third-order valence-corrected chi connectivity index (χ3v) is 5.55. The summed E-state index contributed by atoms with van der Waals surface area (Å²) in [6.07, 6.45) is 12.5. The number of nitrogens with zero attached hydrogens (tertiary/aromatic N) is 1. The average molecular weight is 329 g/mol. The molecule has 0 N–H and O–H groups in total. The Morgan fingerprint density at radius 3 is 2.08 bits per heavy atom. The third-order valence-electron chi connectivity index (χ3n) is 5.55. The molecule has 1 nitrogen and oxygen atoms in total. The Labute approximate surface area is 152 Å². The van der Waals surface area contributed by atoms with Crippen LogP contribution in [0.5, 0.6) is 0 Å². The van der Waals surface area contributed by atoms with Gasteiger partial charge in [-0.25, -0.2) is 0 Å². The highest BCUT2D eigenvalue weighted by molar-refractivity contribution is 5.64. The molecule has 2 aromatic carbocycles. The molecular formula is C24H27N. The number of hydrogen-bond acceptors (Lipinski definition) is 1. The maximum absolute atomic E-state index is 8.91. The molecule has 0 atom stereocenters. The topological polar surface area (TPSA) is 23.8 Å². The van der Waals surface area contributed by atoms with Gasteiger partial charge in [0.25, 0.3) is 0 Å². The zero-order valence-corrected chi connectivity index (χ0v) is 15.1. The standard InChI is InChI=1S/C24H27N/c1-2-3-4-5-19-6-10-21(11-7-19)23-14-16-24(17-15-23)22-12-8-20(18-25)9-13-22/h2-3,8-9,12-17,19,21H,4-7,10-11H2,1H3/b3-2+/t19-,21-. The van der Waals surface area contributed by atoms with Crippen LogP contribution in [0.15, 0.2) is 60.7 Å². The Morgan fingerprint density at radius 1 is 0.920 bits per heavy atom. The predicted molar refractivity (Wildman–Crippen MR) is 105 cm³/mol. The predicted octanol–water partition coefficient (Wildman–Crippen LogP) is 6.86. The maximum Gasteiger partial charge on any atom is 0.0991 e. The fourth-order valence-electron chi connectivity index (χ4n) is 3.97. The van der Waals surface area contributed by atoms with E-state index in [2.05, 4.69) is 49.4 Å². The van der Waals surface area contributed by atoms with E-state index in [0.29, 0.717) is 5.56 Å². The Morgan fingerprint density at radius 2 is 1.52 bits per heavy atom. The molecule has 0 spiro atoms. The molecule has 1 aliphatic rings. The van der Waals surface area contributed by atoms with Crippen molar-refractivity contribution in [1.82, 2.24) is 0 Å². The molecule has 128 valence electrons. The van der Waals surface area contributed by atoms with E-state index < -0.39 is 0 Å². The van der Waals surface area contributed by atoms with Gasteiger partial charge in [0, 0.05) is 0 Å². The van der Waals surface area contributed by atoms with E-state index in [4.69, 9.17) is 5.26 Å². The molecule has 1 aliphatic carbocycles. The molecule has 1 saturated carbocycles. The van der Waals surface area contributed by atoms with Crippen molar-refractivity contribution in [3.63, 3.8) is 0 Å². The highest BCUT2D eigenvalue weighted by Crippen LogP contribution is 2.38. The number of hydrogen-bond donors (Lipinski definition) is 0. The van der Waals surface area contributed by atoms with Gasteiger partial charge in [-0.05, 0) is 86.1 Å². The third kappa shape index (κ3) is 4.60. The van der Waals surface area contributed by atoms with Gasteiger partial charge in [0.2, 0.25) is 0 Å². The molecule has 3 rings (SSSR count). The number of rotatable bonds is 5. The van der Waals surface area contributed by atoms with Crippen molar-refractivity contribution >= 4 is 0 Å². The zero-order valence-electron chi connectivity index (χ0n) is 15.1. The summed E-state index contributed by atoms with van der Waals surface area (Å²) in [7, 11) is 0. The van der Waals surface area contributed by atoms with E-state index in [1.54, 1.807) is 0 Å². The number of allylic oxidation sites excluding steroid dienone is 2. The second kappa shape index (κ2) is 8.67. The summed E-state index contributed by atoms with van der Waals surface area (Å²) in [5, 5.41) is 8.91. The van der Waals surface area contributed by atoms with Crippen molar-refractivity contribution in [3.8, 4) is 17.2 Å². The molecule has 1 fully saturated rings.